The maximum Gasteiger partial charge on any atom is 0.220 e. The zero-order valence-corrected chi connectivity index (χ0v) is 15.6. The molecule has 5 nitrogen and oxygen atoms in total. The molecule has 1 aromatic carbocycles. The van der Waals surface area contributed by atoms with Crippen LogP contribution in [-0.4, -0.2) is 35.4 Å². The Morgan fingerprint density at radius 1 is 1.15 bits per heavy atom. The van der Waals surface area contributed by atoms with Gasteiger partial charge in [-0.1, -0.05) is 24.6 Å². The lowest BCUT2D eigenvalue weighted by Gasteiger charge is -2.33. The molecule has 0 bridgehead atoms. The number of benzene rings is 1. The van der Waals surface area contributed by atoms with Crippen LogP contribution in [0.25, 0.3) is 10.9 Å². The Bertz CT molecular complexity index is 863. The topological polar surface area (TPSA) is 61.3 Å². The van der Waals surface area contributed by atoms with Gasteiger partial charge in [0, 0.05) is 30.1 Å². The molecule has 4 rings (SSSR count). The van der Waals surface area contributed by atoms with Gasteiger partial charge in [-0.05, 0) is 56.1 Å². The third-order valence-electron chi connectivity index (χ3n) is 5.49. The van der Waals surface area contributed by atoms with Gasteiger partial charge >= 0.3 is 0 Å². The molecule has 1 amide bonds. The number of nitrogens with one attached hydrogen (secondary N) is 2. The van der Waals surface area contributed by atoms with Crippen LogP contribution < -0.4 is 5.32 Å². The quantitative estimate of drug-likeness (QED) is 0.664. The second kappa shape index (κ2) is 8.44. The van der Waals surface area contributed by atoms with Gasteiger partial charge in [-0.25, -0.2) is 0 Å². The van der Waals surface area contributed by atoms with E-state index in [0.29, 0.717) is 13.0 Å². The van der Waals surface area contributed by atoms with Crippen LogP contribution in [0.1, 0.15) is 43.0 Å². The number of rotatable bonds is 7. The van der Waals surface area contributed by atoms with Crippen molar-refractivity contribution in [2.24, 2.45) is 0 Å². The van der Waals surface area contributed by atoms with Crippen LogP contribution in [0.3, 0.4) is 0 Å². The van der Waals surface area contributed by atoms with E-state index in [-0.39, 0.29) is 11.9 Å². The van der Waals surface area contributed by atoms with Gasteiger partial charge in [-0.3, -0.25) is 9.69 Å². The Kier molecular flexibility index (Phi) is 5.58. The summed E-state index contributed by atoms with van der Waals surface area (Å²) < 4.78 is 5.65. The number of aromatic nitrogens is 1. The van der Waals surface area contributed by atoms with Crippen LogP contribution in [0.4, 0.5) is 0 Å². The number of nitrogens with zero attached hydrogens (tertiary/aromatic N) is 1. The van der Waals surface area contributed by atoms with E-state index in [1.807, 2.05) is 30.5 Å². The largest absolute Gasteiger partial charge is 0.468 e. The van der Waals surface area contributed by atoms with E-state index in [4.69, 9.17) is 4.42 Å². The number of furan rings is 1. The van der Waals surface area contributed by atoms with E-state index >= 15 is 0 Å². The standard InChI is InChI=1S/C22H27N3O2/c26-22(11-10-17-15-23-19-8-3-2-7-18(17)19)24-16-20(21-9-6-14-27-21)25-12-4-1-5-13-25/h2-3,6-9,14-15,20,23H,1,4-5,10-13,16H2,(H,24,26)/t20-/m0/s1. The van der Waals surface area contributed by atoms with E-state index < -0.39 is 0 Å². The van der Waals surface area contributed by atoms with Gasteiger partial charge in [0.1, 0.15) is 5.76 Å². The molecule has 142 valence electrons. The summed E-state index contributed by atoms with van der Waals surface area (Å²) in [5.41, 5.74) is 2.32. The lowest BCUT2D eigenvalue weighted by Crippen LogP contribution is -2.40. The lowest BCUT2D eigenvalue weighted by molar-refractivity contribution is -0.121. The molecule has 27 heavy (non-hydrogen) atoms. The maximum atomic E-state index is 12.5. The van der Waals surface area contributed by atoms with Crippen molar-refractivity contribution in [1.82, 2.24) is 15.2 Å². The van der Waals surface area contributed by atoms with E-state index in [2.05, 4.69) is 27.3 Å². The van der Waals surface area contributed by atoms with Gasteiger partial charge in [0.25, 0.3) is 0 Å². The van der Waals surface area contributed by atoms with Gasteiger partial charge in [0.05, 0.1) is 12.3 Å². The van der Waals surface area contributed by atoms with E-state index in [9.17, 15) is 4.79 Å². The summed E-state index contributed by atoms with van der Waals surface area (Å²) in [6.07, 6.45) is 8.68. The highest BCUT2D eigenvalue weighted by atomic mass is 16.3. The van der Waals surface area contributed by atoms with E-state index in [1.165, 1.54) is 30.2 Å². The molecule has 0 unspecified atom stereocenters. The van der Waals surface area contributed by atoms with E-state index in [1.54, 1.807) is 6.26 Å². The molecule has 0 saturated carbocycles. The summed E-state index contributed by atoms with van der Waals surface area (Å²) in [4.78, 5) is 18.2. The number of carbonyl (C=O) groups is 1. The summed E-state index contributed by atoms with van der Waals surface area (Å²) in [7, 11) is 0. The molecule has 1 saturated heterocycles. The van der Waals surface area contributed by atoms with Gasteiger partial charge in [0.15, 0.2) is 0 Å². The third kappa shape index (κ3) is 4.25. The predicted molar refractivity (Wildman–Crippen MR) is 107 cm³/mol. The fourth-order valence-corrected chi connectivity index (χ4v) is 4.01. The van der Waals surface area contributed by atoms with Gasteiger partial charge in [0.2, 0.25) is 5.91 Å². The van der Waals surface area contributed by atoms with Crippen molar-refractivity contribution in [3.8, 4) is 0 Å². The molecular formula is C22H27N3O2. The highest BCUT2D eigenvalue weighted by Gasteiger charge is 2.24. The maximum absolute atomic E-state index is 12.5. The first kappa shape index (κ1) is 17.9. The first-order valence-electron chi connectivity index (χ1n) is 9.90. The SMILES string of the molecule is O=C(CCc1c[nH]c2ccccc12)NC[C@@H](c1ccco1)N1CCCCC1. The van der Waals surface area contributed by atoms with Crippen molar-refractivity contribution in [3.05, 3.63) is 60.2 Å². The van der Waals surface area contributed by atoms with Crippen molar-refractivity contribution in [1.29, 1.82) is 0 Å². The predicted octanol–water partition coefficient (Wildman–Crippen LogP) is 4.04. The first-order chi connectivity index (χ1) is 13.3. The van der Waals surface area contributed by atoms with Crippen LogP contribution >= 0.6 is 0 Å². The van der Waals surface area contributed by atoms with Crippen molar-refractivity contribution in [2.75, 3.05) is 19.6 Å². The Balaban J connectivity index is 1.34. The molecule has 5 heteroatoms. The van der Waals surface area contributed by atoms with Crippen LogP contribution in [0.15, 0.2) is 53.3 Å². The van der Waals surface area contributed by atoms with Crippen LogP contribution in [0.2, 0.25) is 0 Å². The molecule has 0 radical (unpaired) electrons. The van der Waals surface area contributed by atoms with Crippen molar-refractivity contribution < 1.29 is 9.21 Å². The Hall–Kier alpha value is -2.53. The van der Waals surface area contributed by atoms with Gasteiger partial charge in [-0.2, -0.15) is 0 Å². The van der Waals surface area contributed by atoms with E-state index in [0.717, 1.165) is 30.8 Å². The zero-order chi connectivity index (χ0) is 18.5. The molecule has 3 aromatic rings. The number of piperidine rings is 1. The number of aryl methyl sites for hydroxylation is 1. The third-order valence-corrected chi connectivity index (χ3v) is 5.49. The molecule has 0 aliphatic carbocycles. The minimum atomic E-state index is 0.0915. The van der Waals surface area contributed by atoms with Crippen molar-refractivity contribution >= 4 is 16.8 Å². The zero-order valence-electron chi connectivity index (χ0n) is 15.6. The molecular weight excluding hydrogens is 338 g/mol. The summed E-state index contributed by atoms with van der Waals surface area (Å²) in [5, 5.41) is 4.33. The Morgan fingerprint density at radius 2 is 2.00 bits per heavy atom. The molecule has 2 N–H and O–H groups in total. The first-order valence-corrected chi connectivity index (χ1v) is 9.90. The second-order valence-electron chi connectivity index (χ2n) is 7.29. The lowest BCUT2D eigenvalue weighted by atomic mass is 10.1. The molecule has 2 aromatic heterocycles. The molecule has 1 aliphatic heterocycles. The number of likely N-dealkylation sites (tertiary alicyclic amines) is 1. The average Bonchev–Trinajstić information content (AvgIpc) is 3.38. The minimum absolute atomic E-state index is 0.0915. The Morgan fingerprint density at radius 3 is 2.81 bits per heavy atom. The highest BCUT2D eigenvalue weighted by molar-refractivity contribution is 5.84. The smallest absolute Gasteiger partial charge is 0.220 e. The number of para-hydroxylation sites is 1. The van der Waals surface area contributed by atoms with Crippen LogP contribution in [0.5, 0.6) is 0 Å². The van der Waals surface area contributed by atoms with Crippen molar-refractivity contribution in [3.63, 3.8) is 0 Å². The summed E-state index contributed by atoms with van der Waals surface area (Å²) in [6.45, 7) is 2.73. The molecule has 3 heterocycles. The number of fused-ring (bicyclic) bond motifs is 1. The van der Waals surface area contributed by atoms with Crippen LogP contribution in [0, 0.1) is 0 Å². The fourth-order valence-electron chi connectivity index (χ4n) is 4.01. The monoisotopic (exact) mass is 365 g/mol. The highest BCUT2D eigenvalue weighted by Crippen LogP contribution is 2.24. The number of hydrogen-bond donors (Lipinski definition) is 2. The number of amides is 1. The summed E-state index contributed by atoms with van der Waals surface area (Å²) in [5.74, 6) is 1.03. The summed E-state index contributed by atoms with van der Waals surface area (Å²) in [6, 6.07) is 12.3. The minimum Gasteiger partial charge on any atom is -0.468 e. The number of aromatic amines is 1. The Labute approximate surface area is 159 Å². The molecule has 1 atom stereocenters. The van der Waals surface area contributed by atoms with Crippen LogP contribution in [-0.2, 0) is 11.2 Å². The average molecular weight is 365 g/mol. The second-order valence-corrected chi connectivity index (χ2v) is 7.29. The number of hydrogen-bond acceptors (Lipinski definition) is 3. The number of carbonyl (C=O) groups excluding carboxylic acids is 1. The fraction of sp³-hybridized carbons (Fsp3) is 0.409. The number of H-pyrrole nitrogens is 1. The van der Waals surface area contributed by atoms with Gasteiger partial charge in [-0.15, -0.1) is 0 Å². The van der Waals surface area contributed by atoms with Gasteiger partial charge < -0.3 is 14.7 Å². The molecule has 0 spiro atoms. The normalized spacial score (nSPS) is 16.4. The molecule has 1 aliphatic rings. The summed E-state index contributed by atoms with van der Waals surface area (Å²) >= 11 is 0. The van der Waals surface area contributed by atoms with Crippen molar-refractivity contribution in [2.45, 2.75) is 38.1 Å². The molecule has 1 fully saturated rings.